The minimum atomic E-state index is -0.297. The Bertz CT molecular complexity index is 1510. The molecule has 0 atom stereocenters. The van der Waals surface area contributed by atoms with Crippen molar-refractivity contribution in [1.29, 1.82) is 0 Å². The number of fused-ring (bicyclic) bond motifs is 1. The van der Waals surface area contributed by atoms with Crippen molar-refractivity contribution in [3.8, 4) is 22.8 Å². The fourth-order valence-electron chi connectivity index (χ4n) is 3.89. The topological polar surface area (TPSA) is 102 Å². The molecule has 0 saturated carbocycles. The molecule has 0 radical (unpaired) electrons. The summed E-state index contributed by atoms with van der Waals surface area (Å²) in [5.74, 6) is 0.968. The summed E-state index contributed by atoms with van der Waals surface area (Å²) >= 11 is 0. The molecular weight excluding hydrogens is 423 g/mol. The van der Waals surface area contributed by atoms with Crippen molar-refractivity contribution in [1.82, 2.24) is 29.7 Å². The zero-order valence-corrected chi connectivity index (χ0v) is 18.3. The Morgan fingerprint density at radius 2 is 1.91 bits per heavy atom. The third kappa shape index (κ3) is 3.82. The number of aryl methyl sites for hydroxylation is 1. The third-order valence-corrected chi connectivity index (χ3v) is 5.45. The molecule has 0 aliphatic heterocycles. The van der Waals surface area contributed by atoms with Crippen LogP contribution in [-0.4, -0.2) is 29.7 Å². The van der Waals surface area contributed by atoms with Gasteiger partial charge in [-0.25, -0.2) is 19.2 Å². The number of rotatable bonds is 5. The van der Waals surface area contributed by atoms with Gasteiger partial charge in [0.2, 0.25) is 11.8 Å². The molecule has 5 aromatic rings. The van der Waals surface area contributed by atoms with E-state index in [2.05, 4.69) is 25.1 Å². The standard InChI is InChI=1S/C24H21FN6O2/c1-13(2)20-17(5-4-6-18(20)25)21-26-11-19-22(28-21)31(24(32)27-19)12-15-7-9-16(10-8-15)23-30-29-14(3)33-23/h4-11,13H,12H2,1-3H3,(H,27,32). The summed E-state index contributed by atoms with van der Waals surface area (Å²) in [6.07, 6.45) is 1.56. The lowest BCUT2D eigenvalue weighted by Gasteiger charge is -2.13. The van der Waals surface area contributed by atoms with Crippen molar-refractivity contribution < 1.29 is 8.81 Å². The van der Waals surface area contributed by atoms with Crippen molar-refractivity contribution in [3.63, 3.8) is 0 Å². The van der Waals surface area contributed by atoms with E-state index in [-0.39, 0.29) is 17.4 Å². The van der Waals surface area contributed by atoms with Gasteiger partial charge in [-0.1, -0.05) is 38.1 Å². The first-order valence-electron chi connectivity index (χ1n) is 10.5. The van der Waals surface area contributed by atoms with Gasteiger partial charge in [0.1, 0.15) is 11.3 Å². The summed E-state index contributed by atoms with van der Waals surface area (Å²) in [6.45, 7) is 5.88. The molecule has 3 heterocycles. The summed E-state index contributed by atoms with van der Waals surface area (Å²) in [5.41, 5.74) is 3.54. The van der Waals surface area contributed by atoms with Gasteiger partial charge in [0.25, 0.3) is 0 Å². The van der Waals surface area contributed by atoms with E-state index in [9.17, 15) is 9.18 Å². The molecule has 0 amide bonds. The van der Waals surface area contributed by atoms with Gasteiger partial charge in [0, 0.05) is 23.6 Å². The molecule has 1 N–H and O–H groups in total. The Balaban J connectivity index is 1.53. The minimum absolute atomic E-state index is 0.0462. The molecule has 0 unspecified atom stereocenters. The van der Waals surface area contributed by atoms with Gasteiger partial charge in [-0.05, 0) is 29.7 Å². The van der Waals surface area contributed by atoms with E-state index < -0.39 is 0 Å². The normalized spacial score (nSPS) is 11.5. The van der Waals surface area contributed by atoms with Crippen LogP contribution in [0.15, 0.2) is 57.9 Å². The van der Waals surface area contributed by atoms with Crippen molar-refractivity contribution in [2.24, 2.45) is 0 Å². The lowest BCUT2D eigenvalue weighted by Crippen LogP contribution is -2.17. The molecule has 0 spiro atoms. The van der Waals surface area contributed by atoms with Crippen molar-refractivity contribution in [2.45, 2.75) is 33.2 Å². The molecule has 0 bridgehead atoms. The average Bonchev–Trinajstić information content (AvgIpc) is 3.36. The van der Waals surface area contributed by atoms with Crippen LogP contribution in [0.5, 0.6) is 0 Å². The smallest absolute Gasteiger partial charge is 0.328 e. The number of nitrogens with zero attached hydrogens (tertiary/aromatic N) is 5. The number of H-pyrrole nitrogens is 1. The number of benzene rings is 2. The molecule has 9 heteroatoms. The van der Waals surface area contributed by atoms with Crippen LogP contribution in [0.3, 0.4) is 0 Å². The second-order valence-corrected chi connectivity index (χ2v) is 8.13. The number of imidazole rings is 1. The molecular formula is C24H21FN6O2. The highest BCUT2D eigenvalue weighted by Crippen LogP contribution is 2.30. The predicted octanol–water partition coefficient (Wildman–Crippen LogP) is 4.46. The highest BCUT2D eigenvalue weighted by Gasteiger charge is 2.18. The van der Waals surface area contributed by atoms with Crippen molar-refractivity contribution in [2.75, 3.05) is 0 Å². The first kappa shape index (κ1) is 20.7. The van der Waals surface area contributed by atoms with E-state index in [0.29, 0.717) is 46.4 Å². The van der Waals surface area contributed by atoms with Crippen LogP contribution in [-0.2, 0) is 6.54 Å². The van der Waals surface area contributed by atoms with Crippen molar-refractivity contribution in [3.05, 3.63) is 82.0 Å². The second kappa shape index (κ2) is 8.09. The monoisotopic (exact) mass is 444 g/mol. The lowest BCUT2D eigenvalue weighted by molar-refractivity contribution is 0.533. The summed E-state index contributed by atoms with van der Waals surface area (Å²) in [4.78, 5) is 24.5. The molecule has 33 heavy (non-hydrogen) atoms. The third-order valence-electron chi connectivity index (χ3n) is 5.45. The van der Waals surface area contributed by atoms with Gasteiger partial charge in [0.15, 0.2) is 11.5 Å². The molecule has 8 nitrogen and oxygen atoms in total. The maximum Gasteiger partial charge on any atom is 0.328 e. The van der Waals surface area contributed by atoms with Gasteiger partial charge < -0.3 is 9.40 Å². The molecule has 0 saturated heterocycles. The first-order chi connectivity index (χ1) is 15.9. The number of hydrogen-bond acceptors (Lipinski definition) is 6. The first-order valence-corrected chi connectivity index (χ1v) is 10.5. The number of aromatic nitrogens is 6. The van der Waals surface area contributed by atoms with E-state index in [4.69, 9.17) is 4.42 Å². The van der Waals surface area contributed by atoms with Crippen LogP contribution in [0.1, 0.15) is 36.8 Å². The van der Waals surface area contributed by atoms with Gasteiger partial charge in [0.05, 0.1) is 12.7 Å². The second-order valence-electron chi connectivity index (χ2n) is 8.13. The lowest BCUT2D eigenvalue weighted by atomic mass is 9.96. The number of nitrogens with one attached hydrogen (secondary N) is 1. The molecule has 0 aliphatic rings. The van der Waals surface area contributed by atoms with Crippen LogP contribution in [0, 0.1) is 12.7 Å². The zero-order valence-electron chi connectivity index (χ0n) is 18.3. The summed E-state index contributed by atoms with van der Waals surface area (Å²) < 4.78 is 21.5. The van der Waals surface area contributed by atoms with Gasteiger partial charge in [-0.15, -0.1) is 10.2 Å². The fourth-order valence-corrected chi connectivity index (χ4v) is 3.89. The van der Waals surface area contributed by atoms with Gasteiger partial charge >= 0.3 is 5.69 Å². The SMILES string of the molecule is Cc1nnc(-c2ccc(Cn3c(=O)[nH]c4cnc(-c5cccc(F)c5C(C)C)nc43)cc2)o1. The molecule has 166 valence electrons. The Labute approximate surface area is 188 Å². The predicted molar refractivity (Wildman–Crippen MR) is 121 cm³/mol. The Hall–Kier alpha value is -4.14. The van der Waals surface area contributed by atoms with E-state index in [1.807, 2.05) is 38.1 Å². The maximum absolute atomic E-state index is 14.5. The Morgan fingerprint density at radius 1 is 1.12 bits per heavy atom. The average molecular weight is 444 g/mol. The molecule has 5 rings (SSSR count). The van der Waals surface area contributed by atoms with Crippen LogP contribution >= 0.6 is 0 Å². The highest BCUT2D eigenvalue weighted by atomic mass is 19.1. The van der Waals surface area contributed by atoms with E-state index >= 15 is 0 Å². The maximum atomic E-state index is 14.5. The molecule has 2 aromatic carbocycles. The van der Waals surface area contributed by atoms with E-state index in [0.717, 1.165) is 11.1 Å². The quantitative estimate of drug-likeness (QED) is 0.429. The number of aromatic amines is 1. The van der Waals surface area contributed by atoms with E-state index in [1.165, 1.54) is 6.07 Å². The minimum Gasteiger partial charge on any atom is -0.421 e. The van der Waals surface area contributed by atoms with Crippen molar-refractivity contribution >= 4 is 11.2 Å². The van der Waals surface area contributed by atoms with E-state index in [1.54, 1.807) is 29.8 Å². The molecule has 3 aromatic heterocycles. The Kier molecular flexibility index (Phi) is 5.08. The number of halogens is 1. The van der Waals surface area contributed by atoms with Crippen LogP contribution < -0.4 is 5.69 Å². The van der Waals surface area contributed by atoms with Gasteiger partial charge in [-0.3, -0.25) is 4.57 Å². The summed E-state index contributed by atoms with van der Waals surface area (Å²) in [6, 6.07) is 12.4. The Morgan fingerprint density at radius 3 is 2.61 bits per heavy atom. The molecule has 0 fully saturated rings. The highest BCUT2D eigenvalue weighted by molar-refractivity contribution is 5.74. The number of hydrogen-bond donors (Lipinski definition) is 1. The molecule has 0 aliphatic carbocycles. The van der Waals surface area contributed by atoms with Gasteiger partial charge in [-0.2, -0.15) is 0 Å². The van der Waals surface area contributed by atoms with Crippen LogP contribution in [0.2, 0.25) is 0 Å². The zero-order chi connectivity index (χ0) is 23.1. The summed E-state index contributed by atoms with van der Waals surface area (Å²) in [7, 11) is 0. The van der Waals surface area contributed by atoms with Crippen LogP contribution in [0.25, 0.3) is 34.0 Å². The fraction of sp³-hybridized carbons (Fsp3) is 0.208. The summed E-state index contributed by atoms with van der Waals surface area (Å²) in [5, 5.41) is 7.86. The largest absolute Gasteiger partial charge is 0.421 e. The van der Waals surface area contributed by atoms with Crippen LogP contribution in [0.4, 0.5) is 4.39 Å².